The molecule has 4 aliphatic rings. The molecule has 2 aromatic carbocycles. The highest BCUT2D eigenvalue weighted by Crippen LogP contribution is 2.70. The van der Waals surface area contributed by atoms with Gasteiger partial charge in [-0.2, -0.15) is 0 Å². The van der Waals surface area contributed by atoms with Crippen LogP contribution >= 0.6 is 0 Å². The monoisotopic (exact) mass is 632 g/mol. The Balaban J connectivity index is 1.52. The molecule has 2 heterocycles. The van der Waals surface area contributed by atoms with Gasteiger partial charge >= 0.3 is 23.9 Å². The van der Waals surface area contributed by atoms with Gasteiger partial charge in [0.1, 0.15) is 24.4 Å². The Kier molecular flexibility index (Phi) is 8.31. The molecule has 6 rings (SSSR count). The SMILES string of the molecule is CC(=O)OCC12C(OC(=O)c3ccccc3)C(OC(=O)c3ccccc3)C(C)(O)C(C)(CCC3=CC(=O)OC3)C1CCCC21CO1. The van der Waals surface area contributed by atoms with E-state index in [-0.39, 0.29) is 24.3 Å². The molecule has 0 amide bonds. The van der Waals surface area contributed by atoms with E-state index in [4.69, 9.17) is 23.7 Å². The molecule has 0 bridgehead atoms. The number of benzene rings is 2. The van der Waals surface area contributed by atoms with E-state index >= 15 is 0 Å². The maximum absolute atomic E-state index is 13.9. The van der Waals surface area contributed by atoms with Crippen LogP contribution in [0, 0.1) is 16.7 Å². The van der Waals surface area contributed by atoms with Gasteiger partial charge < -0.3 is 28.8 Å². The van der Waals surface area contributed by atoms with Crippen LogP contribution in [0.15, 0.2) is 72.3 Å². The summed E-state index contributed by atoms with van der Waals surface area (Å²) in [5, 5.41) is 12.8. The quantitative estimate of drug-likeness (QED) is 0.237. The van der Waals surface area contributed by atoms with E-state index in [0.717, 1.165) is 12.0 Å². The average molecular weight is 633 g/mol. The summed E-state index contributed by atoms with van der Waals surface area (Å²) < 4.78 is 29.9. The molecular formula is C36H40O10. The number of rotatable bonds is 9. The van der Waals surface area contributed by atoms with Crippen molar-refractivity contribution in [2.24, 2.45) is 16.7 Å². The van der Waals surface area contributed by atoms with Crippen LogP contribution in [0.5, 0.6) is 0 Å². The molecule has 46 heavy (non-hydrogen) atoms. The lowest BCUT2D eigenvalue weighted by Gasteiger charge is -2.67. The van der Waals surface area contributed by atoms with Crippen molar-refractivity contribution in [2.75, 3.05) is 19.8 Å². The van der Waals surface area contributed by atoms with Crippen LogP contribution < -0.4 is 0 Å². The predicted molar refractivity (Wildman–Crippen MR) is 163 cm³/mol. The third-order valence-corrected chi connectivity index (χ3v) is 11.0. The van der Waals surface area contributed by atoms with Crippen molar-refractivity contribution < 1.29 is 48.0 Å². The summed E-state index contributed by atoms with van der Waals surface area (Å²) in [5.74, 6) is -2.71. The van der Waals surface area contributed by atoms with Gasteiger partial charge in [0.25, 0.3) is 0 Å². The molecule has 2 saturated carbocycles. The number of ether oxygens (including phenoxy) is 5. The lowest BCUT2D eigenvalue weighted by molar-refractivity contribution is -0.305. The number of hydrogen-bond acceptors (Lipinski definition) is 10. The summed E-state index contributed by atoms with van der Waals surface area (Å²) in [6.45, 7) is 5.20. The minimum Gasteiger partial charge on any atom is -0.465 e. The van der Waals surface area contributed by atoms with E-state index in [9.17, 15) is 24.3 Å². The average Bonchev–Trinajstić information content (AvgIpc) is 3.71. The largest absolute Gasteiger partial charge is 0.465 e. The zero-order chi connectivity index (χ0) is 32.7. The molecule has 0 aromatic heterocycles. The molecule has 7 unspecified atom stereocenters. The van der Waals surface area contributed by atoms with Gasteiger partial charge in [0.15, 0.2) is 12.2 Å². The van der Waals surface area contributed by atoms with Gasteiger partial charge in [0, 0.05) is 18.4 Å². The molecule has 2 aliphatic carbocycles. The second-order valence-corrected chi connectivity index (χ2v) is 13.4. The van der Waals surface area contributed by atoms with E-state index in [1.165, 1.54) is 13.0 Å². The molecule has 1 N–H and O–H groups in total. The van der Waals surface area contributed by atoms with Crippen LogP contribution in [0.1, 0.15) is 73.6 Å². The normalized spacial score (nSPS) is 34.6. The van der Waals surface area contributed by atoms with Gasteiger partial charge in [-0.1, -0.05) is 49.7 Å². The van der Waals surface area contributed by atoms with Crippen LogP contribution in [0.2, 0.25) is 0 Å². The number of carbonyl (C=O) groups is 4. The third-order valence-electron chi connectivity index (χ3n) is 11.0. The van der Waals surface area contributed by atoms with Crippen LogP contribution in [0.3, 0.4) is 0 Å². The van der Waals surface area contributed by atoms with Crippen LogP contribution in [-0.4, -0.2) is 72.2 Å². The van der Waals surface area contributed by atoms with E-state index in [1.807, 2.05) is 6.92 Å². The van der Waals surface area contributed by atoms with Gasteiger partial charge in [-0.05, 0) is 68.4 Å². The minimum absolute atomic E-state index is 0.164. The Morgan fingerprint density at radius 1 is 0.935 bits per heavy atom. The van der Waals surface area contributed by atoms with Gasteiger partial charge in [0.2, 0.25) is 0 Å². The van der Waals surface area contributed by atoms with Crippen LogP contribution in [0.4, 0.5) is 0 Å². The number of fused-ring (bicyclic) bond motifs is 2. The number of esters is 4. The number of hydrogen-bond donors (Lipinski definition) is 1. The standard InChI is InChI=1S/C36H40O10/c1-23(37)43-22-36-27(15-10-17-35(36)21-44-35)33(2,18-16-24-19-28(38)42-20-24)34(3,41)29(45-31(39)25-11-6-4-7-12-25)30(36)46-32(40)26-13-8-5-9-14-26/h4-9,11-14,19,27,29-30,41H,10,15-18,20-22H2,1-3H3. The van der Waals surface area contributed by atoms with Gasteiger partial charge in [-0.15, -0.1) is 0 Å². The Morgan fingerprint density at radius 3 is 2.04 bits per heavy atom. The van der Waals surface area contributed by atoms with Crippen molar-refractivity contribution >= 4 is 23.9 Å². The zero-order valence-electron chi connectivity index (χ0n) is 26.4. The topological polar surface area (TPSA) is 138 Å². The maximum Gasteiger partial charge on any atom is 0.338 e. The first kappa shape index (κ1) is 31.9. The molecular weight excluding hydrogens is 592 g/mol. The number of epoxide rings is 1. The number of carbonyl (C=O) groups excluding carboxylic acids is 4. The Morgan fingerprint density at radius 2 is 1.52 bits per heavy atom. The van der Waals surface area contributed by atoms with E-state index in [0.29, 0.717) is 32.3 Å². The summed E-state index contributed by atoms with van der Waals surface area (Å²) in [4.78, 5) is 52.0. The van der Waals surface area contributed by atoms with Crippen molar-refractivity contribution in [3.63, 3.8) is 0 Å². The highest BCUT2D eigenvalue weighted by atomic mass is 16.6. The Labute approximate surface area is 268 Å². The van der Waals surface area contributed by atoms with Crippen molar-refractivity contribution in [1.29, 1.82) is 0 Å². The molecule has 10 nitrogen and oxygen atoms in total. The Bertz CT molecular complexity index is 1530. The summed E-state index contributed by atoms with van der Waals surface area (Å²) >= 11 is 0. The first-order valence-corrected chi connectivity index (χ1v) is 15.8. The molecule has 10 heteroatoms. The zero-order valence-corrected chi connectivity index (χ0v) is 26.4. The summed E-state index contributed by atoms with van der Waals surface area (Å²) in [6, 6.07) is 16.9. The fourth-order valence-electron chi connectivity index (χ4n) is 8.29. The van der Waals surface area contributed by atoms with E-state index in [1.54, 1.807) is 67.6 Å². The fourth-order valence-corrected chi connectivity index (χ4v) is 8.29. The van der Waals surface area contributed by atoms with Crippen molar-refractivity contribution in [1.82, 2.24) is 0 Å². The molecule has 3 fully saturated rings. The van der Waals surface area contributed by atoms with Gasteiger partial charge in [-0.25, -0.2) is 14.4 Å². The van der Waals surface area contributed by atoms with Crippen LogP contribution in [0.25, 0.3) is 0 Å². The van der Waals surface area contributed by atoms with Crippen molar-refractivity contribution in [3.05, 3.63) is 83.4 Å². The highest BCUT2D eigenvalue weighted by molar-refractivity contribution is 5.90. The molecule has 2 aromatic rings. The molecule has 2 aliphatic heterocycles. The predicted octanol–water partition coefficient (Wildman–Crippen LogP) is 4.59. The summed E-state index contributed by atoms with van der Waals surface area (Å²) in [5.41, 5.74) is -3.47. The number of aliphatic hydroxyl groups is 1. The molecule has 1 saturated heterocycles. The first-order valence-electron chi connectivity index (χ1n) is 15.8. The lowest BCUT2D eigenvalue weighted by Crippen LogP contribution is -2.77. The maximum atomic E-state index is 13.9. The van der Waals surface area contributed by atoms with E-state index < -0.39 is 64.0 Å². The number of cyclic esters (lactones) is 1. The molecule has 7 atom stereocenters. The lowest BCUT2D eigenvalue weighted by atomic mass is 9.41. The first-order chi connectivity index (χ1) is 21.9. The third kappa shape index (κ3) is 5.31. The van der Waals surface area contributed by atoms with Crippen molar-refractivity contribution in [3.8, 4) is 0 Å². The summed E-state index contributed by atoms with van der Waals surface area (Å²) in [7, 11) is 0. The highest BCUT2D eigenvalue weighted by Gasteiger charge is 2.80. The second kappa shape index (κ2) is 12.0. The minimum atomic E-state index is -1.76. The van der Waals surface area contributed by atoms with Gasteiger partial charge in [-0.3, -0.25) is 4.79 Å². The summed E-state index contributed by atoms with van der Waals surface area (Å²) in [6.07, 6.45) is 1.61. The molecule has 244 valence electrons. The van der Waals surface area contributed by atoms with Gasteiger partial charge in [0.05, 0.1) is 23.1 Å². The molecule has 1 spiro atoms. The van der Waals surface area contributed by atoms with Crippen molar-refractivity contribution in [2.45, 2.75) is 76.3 Å². The fraction of sp³-hybridized carbons (Fsp3) is 0.500. The smallest absolute Gasteiger partial charge is 0.338 e. The Hall–Kier alpha value is -4.02. The van der Waals surface area contributed by atoms with E-state index in [2.05, 4.69) is 0 Å². The molecule has 0 radical (unpaired) electrons. The van der Waals surface area contributed by atoms with Crippen LogP contribution in [-0.2, 0) is 33.3 Å². The second-order valence-electron chi connectivity index (χ2n) is 13.4.